The molecule has 182 valence electrons. The van der Waals surface area contributed by atoms with Crippen LogP contribution in [0, 0.1) is 17.0 Å². The van der Waals surface area contributed by atoms with Crippen molar-refractivity contribution in [3.63, 3.8) is 0 Å². The maximum Gasteiger partial charge on any atom is 0.296 e. The second-order valence-corrected chi connectivity index (χ2v) is 9.86. The maximum atomic E-state index is 13.1. The number of nitrogens with zero attached hydrogens (tertiary/aromatic N) is 3. The second-order valence-electron chi connectivity index (χ2n) is 8.18. The van der Waals surface area contributed by atoms with E-state index in [2.05, 4.69) is 10.0 Å². The van der Waals surface area contributed by atoms with Crippen molar-refractivity contribution >= 4 is 27.1 Å². The number of sulfonamides is 1. The number of nitro groups is 1. The van der Waals surface area contributed by atoms with E-state index >= 15 is 0 Å². The third-order valence-corrected chi connectivity index (χ3v) is 7.04. The third kappa shape index (κ3) is 4.97. The Morgan fingerprint density at radius 3 is 2.41 bits per heavy atom. The van der Waals surface area contributed by atoms with Gasteiger partial charge in [-0.25, -0.2) is 13.1 Å². The first-order valence-corrected chi connectivity index (χ1v) is 12.0. The molecule has 0 aliphatic heterocycles. The first-order valence-electron chi connectivity index (χ1n) is 10.5. The van der Waals surface area contributed by atoms with Gasteiger partial charge in [-0.2, -0.15) is 0 Å². The standard InChI is InChI=1S/C22H27N5O6S/c1-5-22(3,29)14-23-18-12-11-17(13-19(18)27(30)31)34(32,33)24-20-15(2)25(4)26(21(20)28)16-9-7-6-8-10-16/h6-13,23-24,29H,5,14H2,1-4H3/t22-/m1/s1. The Bertz CT molecular complexity index is 1380. The van der Waals surface area contributed by atoms with Gasteiger partial charge in [0.25, 0.3) is 21.3 Å². The molecule has 0 aliphatic rings. The summed E-state index contributed by atoms with van der Waals surface area (Å²) in [4.78, 5) is 23.5. The van der Waals surface area contributed by atoms with Gasteiger partial charge in [-0.1, -0.05) is 25.1 Å². The molecule has 1 atom stereocenters. The van der Waals surface area contributed by atoms with Crippen molar-refractivity contribution in [1.29, 1.82) is 0 Å². The van der Waals surface area contributed by atoms with E-state index in [4.69, 9.17) is 0 Å². The minimum atomic E-state index is -4.32. The fraction of sp³-hybridized carbons (Fsp3) is 0.318. The normalized spacial score (nSPS) is 13.3. The van der Waals surface area contributed by atoms with Crippen LogP contribution < -0.4 is 15.6 Å². The molecule has 0 spiro atoms. The van der Waals surface area contributed by atoms with Gasteiger partial charge in [0.1, 0.15) is 11.4 Å². The SMILES string of the molecule is CC[C@@](C)(O)CNc1ccc(S(=O)(=O)Nc2c(C)n(C)n(-c3ccccc3)c2=O)cc1[N+](=O)[O-]. The van der Waals surface area contributed by atoms with Gasteiger partial charge in [-0.05, 0) is 44.5 Å². The Kier molecular flexibility index (Phi) is 6.84. The summed E-state index contributed by atoms with van der Waals surface area (Å²) in [5.41, 5.74) is -1.31. The first kappa shape index (κ1) is 25.0. The number of anilines is 2. The van der Waals surface area contributed by atoms with E-state index < -0.39 is 31.8 Å². The average molecular weight is 490 g/mol. The molecular weight excluding hydrogens is 462 g/mol. The van der Waals surface area contributed by atoms with Gasteiger partial charge in [0, 0.05) is 19.7 Å². The van der Waals surface area contributed by atoms with Gasteiger partial charge >= 0.3 is 0 Å². The fourth-order valence-electron chi connectivity index (χ4n) is 3.27. The zero-order chi connectivity index (χ0) is 25.3. The first-order chi connectivity index (χ1) is 15.9. The number of nitro benzene ring substituents is 1. The quantitative estimate of drug-likeness (QED) is 0.309. The fourth-order valence-corrected chi connectivity index (χ4v) is 4.40. The Morgan fingerprint density at radius 2 is 1.82 bits per heavy atom. The van der Waals surface area contributed by atoms with E-state index in [0.717, 1.165) is 6.07 Å². The van der Waals surface area contributed by atoms with Crippen LogP contribution in [0.15, 0.2) is 58.2 Å². The molecule has 0 aliphatic carbocycles. The highest BCUT2D eigenvalue weighted by Gasteiger charge is 2.26. The van der Waals surface area contributed by atoms with Crippen molar-refractivity contribution in [2.45, 2.75) is 37.7 Å². The zero-order valence-corrected chi connectivity index (χ0v) is 20.1. The minimum absolute atomic E-state index is 0.0386. The molecule has 1 aromatic heterocycles. The molecule has 2 aromatic carbocycles. The van der Waals surface area contributed by atoms with Gasteiger partial charge in [0.05, 0.1) is 26.8 Å². The van der Waals surface area contributed by atoms with E-state index in [0.29, 0.717) is 17.8 Å². The van der Waals surface area contributed by atoms with Crippen molar-refractivity contribution in [2.75, 3.05) is 16.6 Å². The Balaban J connectivity index is 1.98. The number of hydrogen-bond donors (Lipinski definition) is 3. The summed E-state index contributed by atoms with van der Waals surface area (Å²) in [5.74, 6) is 0. The smallest absolute Gasteiger partial charge is 0.296 e. The summed E-state index contributed by atoms with van der Waals surface area (Å²) in [6.45, 7) is 4.98. The Hall–Kier alpha value is -3.64. The van der Waals surface area contributed by atoms with Crippen LogP contribution in [0.5, 0.6) is 0 Å². The van der Waals surface area contributed by atoms with Crippen LogP contribution in [-0.4, -0.2) is 40.0 Å². The van der Waals surface area contributed by atoms with E-state index in [1.807, 2.05) is 0 Å². The van der Waals surface area contributed by atoms with Crippen LogP contribution in [-0.2, 0) is 17.1 Å². The molecule has 0 saturated carbocycles. The topological polar surface area (TPSA) is 149 Å². The number of aromatic nitrogens is 2. The second kappa shape index (κ2) is 9.31. The summed E-state index contributed by atoms with van der Waals surface area (Å²) < 4.78 is 31.3. The Morgan fingerprint density at radius 1 is 1.18 bits per heavy atom. The van der Waals surface area contributed by atoms with Crippen molar-refractivity contribution in [3.8, 4) is 5.69 Å². The summed E-state index contributed by atoms with van der Waals surface area (Å²) >= 11 is 0. The largest absolute Gasteiger partial charge is 0.388 e. The molecular formula is C22H27N5O6S. The highest BCUT2D eigenvalue weighted by Crippen LogP contribution is 2.29. The van der Waals surface area contributed by atoms with Crippen LogP contribution >= 0.6 is 0 Å². The molecule has 3 N–H and O–H groups in total. The van der Waals surface area contributed by atoms with Crippen molar-refractivity contribution in [3.05, 3.63) is 74.7 Å². The van der Waals surface area contributed by atoms with E-state index in [-0.39, 0.29) is 22.8 Å². The monoisotopic (exact) mass is 489 g/mol. The van der Waals surface area contributed by atoms with Gasteiger partial charge < -0.3 is 10.4 Å². The highest BCUT2D eigenvalue weighted by atomic mass is 32.2. The molecule has 0 amide bonds. The van der Waals surface area contributed by atoms with E-state index in [1.54, 1.807) is 58.2 Å². The van der Waals surface area contributed by atoms with Crippen LogP contribution in [0.3, 0.4) is 0 Å². The lowest BCUT2D eigenvalue weighted by Crippen LogP contribution is -2.32. The lowest BCUT2D eigenvalue weighted by molar-refractivity contribution is -0.384. The van der Waals surface area contributed by atoms with Crippen molar-refractivity contribution in [2.24, 2.45) is 7.05 Å². The maximum absolute atomic E-state index is 13.1. The highest BCUT2D eigenvalue weighted by molar-refractivity contribution is 7.92. The third-order valence-electron chi connectivity index (χ3n) is 5.69. The number of rotatable bonds is 9. The Labute approximate surface area is 196 Å². The molecule has 3 rings (SSSR count). The summed E-state index contributed by atoms with van der Waals surface area (Å²) in [6.07, 6.45) is 0.418. The van der Waals surface area contributed by atoms with Crippen LogP contribution in [0.4, 0.5) is 17.1 Å². The number of para-hydroxylation sites is 1. The summed E-state index contributed by atoms with van der Waals surface area (Å²) in [6, 6.07) is 12.1. The predicted molar refractivity (Wildman–Crippen MR) is 129 cm³/mol. The van der Waals surface area contributed by atoms with Crippen molar-refractivity contribution in [1.82, 2.24) is 9.36 Å². The lowest BCUT2D eigenvalue weighted by atomic mass is 10.0. The van der Waals surface area contributed by atoms with Crippen molar-refractivity contribution < 1.29 is 18.4 Å². The van der Waals surface area contributed by atoms with Crippen LogP contribution in [0.1, 0.15) is 26.0 Å². The molecule has 0 fully saturated rings. The van der Waals surface area contributed by atoms with Gasteiger partial charge in [0.15, 0.2) is 0 Å². The molecule has 0 unspecified atom stereocenters. The average Bonchev–Trinajstić information content (AvgIpc) is 3.00. The molecule has 1 heterocycles. The number of benzene rings is 2. The van der Waals surface area contributed by atoms with Crippen LogP contribution in [0.2, 0.25) is 0 Å². The van der Waals surface area contributed by atoms with E-state index in [1.165, 1.54) is 21.5 Å². The van der Waals surface area contributed by atoms with Gasteiger partial charge in [-0.3, -0.25) is 24.3 Å². The van der Waals surface area contributed by atoms with Gasteiger partial charge in [0.2, 0.25) is 0 Å². The molecule has 34 heavy (non-hydrogen) atoms. The molecule has 3 aromatic rings. The molecule has 12 heteroatoms. The number of aliphatic hydroxyl groups is 1. The number of nitrogens with one attached hydrogen (secondary N) is 2. The summed E-state index contributed by atoms with van der Waals surface area (Å²) in [5, 5.41) is 24.5. The molecule has 0 saturated heterocycles. The molecule has 0 bridgehead atoms. The summed E-state index contributed by atoms with van der Waals surface area (Å²) in [7, 11) is -2.70. The van der Waals surface area contributed by atoms with Crippen LogP contribution in [0.25, 0.3) is 5.69 Å². The van der Waals surface area contributed by atoms with Gasteiger partial charge in [-0.15, -0.1) is 0 Å². The number of hydrogen-bond acceptors (Lipinski definition) is 7. The molecule has 0 radical (unpaired) electrons. The predicted octanol–water partition coefficient (Wildman–Crippen LogP) is 2.77. The lowest BCUT2D eigenvalue weighted by Gasteiger charge is -2.22. The van der Waals surface area contributed by atoms with E-state index in [9.17, 15) is 28.4 Å². The minimum Gasteiger partial charge on any atom is -0.388 e. The molecule has 11 nitrogen and oxygen atoms in total. The zero-order valence-electron chi connectivity index (χ0n) is 19.3.